The van der Waals surface area contributed by atoms with Crippen LogP contribution < -0.4 is 11.3 Å². The summed E-state index contributed by atoms with van der Waals surface area (Å²) in [5.74, 6) is 4.40. The van der Waals surface area contributed by atoms with Crippen molar-refractivity contribution in [3.05, 3.63) is 41.5 Å². The van der Waals surface area contributed by atoms with Gasteiger partial charge >= 0.3 is 5.97 Å². The van der Waals surface area contributed by atoms with Gasteiger partial charge in [0.15, 0.2) is 0 Å². The molecule has 0 aliphatic rings. The van der Waals surface area contributed by atoms with Crippen LogP contribution in [0.2, 0.25) is 0 Å². The molecule has 0 unspecified atom stereocenters. The maximum Gasteiger partial charge on any atom is 0.310 e. The van der Waals surface area contributed by atoms with Crippen molar-refractivity contribution < 1.29 is 14.3 Å². The molecule has 0 heterocycles. The van der Waals surface area contributed by atoms with Gasteiger partial charge in [-0.1, -0.05) is 64.1 Å². The Morgan fingerprint density at radius 3 is 2.23 bits per heavy atom. The third kappa shape index (κ3) is 9.12. The van der Waals surface area contributed by atoms with Crippen LogP contribution in [0.15, 0.2) is 30.3 Å². The first-order valence-electron chi connectivity index (χ1n) is 10.9. The maximum absolute atomic E-state index is 13.0. The molecule has 1 amide bonds. The van der Waals surface area contributed by atoms with Crippen LogP contribution in [0.3, 0.4) is 0 Å². The monoisotopic (exact) mass is 416 g/mol. The second kappa shape index (κ2) is 11.9. The number of hydrazine groups is 1. The first kappa shape index (κ1) is 25.9. The number of rotatable bonds is 10. The smallest absolute Gasteiger partial charge is 0.310 e. The third-order valence-electron chi connectivity index (χ3n) is 4.77. The number of ether oxygens (including phenoxy) is 1. The van der Waals surface area contributed by atoms with Gasteiger partial charge in [-0.2, -0.15) is 0 Å². The highest BCUT2D eigenvalue weighted by Gasteiger charge is 2.36. The SMILES string of the molecule is CC(C)Cc1ccccc1/C=C\C[C@H](C(=O)OC(C)(C)C)[C@@H](CC(C)C)C(=O)NN. The van der Waals surface area contributed by atoms with E-state index in [0.29, 0.717) is 18.8 Å². The minimum Gasteiger partial charge on any atom is -0.460 e. The van der Waals surface area contributed by atoms with Gasteiger partial charge in [0, 0.05) is 0 Å². The molecule has 0 saturated heterocycles. The molecule has 1 aromatic rings. The molecule has 2 atom stereocenters. The van der Waals surface area contributed by atoms with E-state index in [1.54, 1.807) is 0 Å². The molecule has 0 radical (unpaired) electrons. The summed E-state index contributed by atoms with van der Waals surface area (Å²) in [7, 11) is 0. The Kier molecular flexibility index (Phi) is 10.3. The van der Waals surface area contributed by atoms with E-state index >= 15 is 0 Å². The van der Waals surface area contributed by atoms with Crippen LogP contribution in [-0.4, -0.2) is 17.5 Å². The van der Waals surface area contributed by atoms with Crippen molar-refractivity contribution >= 4 is 18.0 Å². The van der Waals surface area contributed by atoms with Crippen LogP contribution in [0.1, 0.15) is 72.4 Å². The highest BCUT2D eigenvalue weighted by molar-refractivity contribution is 5.85. The van der Waals surface area contributed by atoms with Gasteiger partial charge in [0.1, 0.15) is 5.60 Å². The molecule has 0 aliphatic carbocycles. The Morgan fingerprint density at radius 2 is 1.70 bits per heavy atom. The van der Waals surface area contributed by atoms with E-state index in [1.165, 1.54) is 5.56 Å². The number of nitrogens with one attached hydrogen (secondary N) is 1. The Hall–Kier alpha value is -2.14. The van der Waals surface area contributed by atoms with Crippen LogP contribution >= 0.6 is 0 Å². The quantitative estimate of drug-likeness (QED) is 0.246. The minimum atomic E-state index is -0.621. The summed E-state index contributed by atoms with van der Waals surface area (Å²) in [6.45, 7) is 13.9. The van der Waals surface area contributed by atoms with E-state index in [9.17, 15) is 9.59 Å². The number of amides is 1. The van der Waals surface area contributed by atoms with Crippen LogP contribution in [-0.2, 0) is 20.7 Å². The summed E-state index contributed by atoms with van der Waals surface area (Å²) in [6.07, 6.45) is 5.98. The molecule has 1 rings (SSSR count). The second-order valence-corrected chi connectivity index (χ2v) is 9.82. The summed E-state index contributed by atoms with van der Waals surface area (Å²) in [4.78, 5) is 25.5. The highest BCUT2D eigenvalue weighted by atomic mass is 16.6. The van der Waals surface area contributed by atoms with Gasteiger partial charge in [-0.25, -0.2) is 5.84 Å². The van der Waals surface area contributed by atoms with Gasteiger partial charge in [-0.15, -0.1) is 0 Å². The average molecular weight is 417 g/mol. The number of allylic oxidation sites excluding steroid dienone is 1. The van der Waals surface area contributed by atoms with Crippen LogP contribution in [0.5, 0.6) is 0 Å². The van der Waals surface area contributed by atoms with Crippen molar-refractivity contribution in [2.75, 3.05) is 0 Å². The van der Waals surface area contributed by atoms with Gasteiger partial charge in [-0.3, -0.25) is 15.0 Å². The zero-order valence-corrected chi connectivity index (χ0v) is 19.7. The fourth-order valence-corrected chi connectivity index (χ4v) is 3.54. The Bertz CT molecular complexity index is 717. The minimum absolute atomic E-state index is 0.244. The van der Waals surface area contributed by atoms with Gasteiger partial charge in [0.05, 0.1) is 11.8 Å². The lowest BCUT2D eigenvalue weighted by molar-refractivity contribution is -0.164. The Balaban J connectivity index is 3.15. The van der Waals surface area contributed by atoms with Crippen molar-refractivity contribution in [2.45, 2.75) is 73.3 Å². The summed E-state index contributed by atoms with van der Waals surface area (Å²) in [5.41, 5.74) is 4.03. The molecule has 5 heteroatoms. The third-order valence-corrected chi connectivity index (χ3v) is 4.77. The summed E-state index contributed by atoms with van der Waals surface area (Å²) in [5, 5.41) is 0. The lowest BCUT2D eigenvalue weighted by atomic mass is 9.82. The molecular formula is C25H40N2O3. The van der Waals surface area contributed by atoms with E-state index in [0.717, 1.165) is 12.0 Å². The number of carbonyl (C=O) groups is 2. The van der Waals surface area contributed by atoms with E-state index in [1.807, 2.05) is 58.9 Å². The summed E-state index contributed by atoms with van der Waals surface area (Å²) < 4.78 is 5.64. The first-order chi connectivity index (χ1) is 13.9. The molecular weight excluding hydrogens is 376 g/mol. The molecule has 168 valence electrons. The second-order valence-electron chi connectivity index (χ2n) is 9.82. The fourth-order valence-electron chi connectivity index (χ4n) is 3.54. The highest BCUT2D eigenvalue weighted by Crippen LogP contribution is 2.28. The summed E-state index contributed by atoms with van der Waals surface area (Å²) in [6, 6.07) is 8.27. The fraction of sp³-hybridized carbons (Fsp3) is 0.600. The number of hydrogen-bond donors (Lipinski definition) is 2. The van der Waals surface area contributed by atoms with Crippen LogP contribution in [0.25, 0.3) is 6.08 Å². The molecule has 0 fully saturated rings. The van der Waals surface area contributed by atoms with Crippen molar-refractivity contribution in [3.8, 4) is 0 Å². The lowest BCUT2D eigenvalue weighted by Gasteiger charge is -2.28. The van der Waals surface area contributed by atoms with Crippen molar-refractivity contribution in [3.63, 3.8) is 0 Å². The number of carbonyl (C=O) groups excluding carboxylic acids is 2. The molecule has 30 heavy (non-hydrogen) atoms. The molecule has 0 aliphatic heterocycles. The normalized spacial score (nSPS) is 14.2. The molecule has 0 bridgehead atoms. The predicted octanol–water partition coefficient (Wildman–Crippen LogP) is 4.90. The van der Waals surface area contributed by atoms with Crippen LogP contribution in [0, 0.1) is 23.7 Å². The molecule has 1 aromatic carbocycles. The Morgan fingerprint density at radius 1 is 1.07 bits per heavy atom. The van der Waals surface area contributed by atoms with Gasteiger partial charge < -0.3 is 4.74 Å². The number of benzene rings is 1. The number of hydrogen-bond acceptors (Lipinski definition) is 4. The van der Waals surface area contributed by atoms with E-state index in [2.05, 4.69) is 31.4 Å². The van der Waals surface area contributed by atoms with Crippen molar-refractivity contribution in [1.29, 1.82) is 0 Å². The van der Waals surface area contributed by atoms with Crippen LogP contribution in [0.4, 0.5) is 0 Å². The van der Waals surface area contributed by atoms with E-state index < -0.39 is 17.4 Å². The van der Waals surface area contributed by atoms with E-state index in [-0.39, 0.29) is 17.8 Å². The van der Waals surface area contributed by atoms with Gasteiger partial charge in [0.2, 0.25) is 5.91 Å². The van der Waals surface area contributed by atoms with Crippen molar-refractivity contribution in [2.24, 2.45) is 29.5 Å². The predicted molar refractivity (Wildman–Crippen MR) is 123 cm³/mol. The maximum atomic E-state index is 13.0. The molecule has 3 N–H and O–H groups in total. The zero-order chi connectivity index (χ0) is 22.9. The number of nitrogens with two attached hydrogens (primary N) is 1. The first-order valence-corrected chi connectivity index (χ1v) is 10.9. The molecule has 5 nitrogen and oxygen atoms in total. The molecule has 0 aromatic heterocycles. The molecule has 0 spiro atoms. The van der Waals surface area contributed by atoms with Gasteiger partial charge in [0.25, 0.3) is 0 Å². The van der Waals surface area contributed by atoms with E-state index in [4.69, 9.17) is 10.6 Å². The zero-order valence-electron chi connectivity index (χ0n) is 19.7. The standard InChI is InChI=1S/C25H40N2O3/c1-17(2)15-20-12-9-8-11-19(20)13-10-14-21(24(29)30-25(5,6)7)22(16-18(3)4)23(28)27-26/h8-13,17-18,21-22H,14-16,26H2,1-7H3,(H,27,28)/b13-10-/t21-,22+/m0/s1. The lowest BCUT2D eigenvalue weighted by Crippen LogP contribution is -2.43. The molecule has 0 saturated carbocycles. The summed E-state index contributed by atoms with van der Waals surface area (Å²) >= 11 is 0. The Labute approximate surface area is 182 Å². The number of esters is 1. The van der Waals surface area contributed by atoms with Gasteiger partial charge in [-0.05, 0) is 63.0 Å². The van der Waals surface area contributed by atoms with Crippen molar-refractivity contribution in [1.82, 2.24) is 5.43 Å². The largest absolute Gasteiger partial charge is 0.460 e. The topological polar surface area (TPSA) is 81.4 Å². The average Bonchev–Trinajstić information content (AvgIpc) is 2.62.